The van der Waals surface area contributed by atoms with Crippen LogP contribution in [-0.2, 0) is 9.47 Å². The van der Waals surface area contributed by atoms with Crippen LogP contribution in [0.4, 0.5) is 0 Å². The van der Waals surface area contributed by atoms with Crippen molar-refractivity contribution in [3.05, 3.63) is 35.1 Å². The molecule has 0 aromatic heterocycles. The van der Waals surface area contributed by atoms with Crippen LogP contribution in [0.3, 0.4) is 0 Å². The minimum Gasteiger partial charge on any atom is -0.501 e. The Bertz CT molecular complexity index is 351. The van der Waals surface area contributed by atoms with Crippen LogP contribution >= 0.6 is 0 Å². The molecule has 22 heavy (non-hydrogen) atoms. The molecule has 1 rings (SSSR count). The van der Waals surface area contributed by atoms with E-state index < -0.39 is 0 Å². The Morgan fingerprint density at radius 2 is 1.82 bits per heavy atom. The van der Waals surface area contributed by atoms with Crippen molar-refractivity contribution in [3.8, 4) is 0 Å². The van der Waals surface area contributed by atoms with Gasteiger partial charge in [0.2, 0.25) is 0 Å². The second-order valence-electron chi connectivity index (χ2n) is 5.32. The van der Waals surface area contributed by atoms with Crippen LogP contribution in [-0.4, -0.2) is 20.3 Å². The van der Waals surface area contributed by atoms with E-state index in [2.05, 4.69) is 25.2 Å². The molecule has 0 fully saturated rings. The monoisotopic (exact) mass is 308 g/mol. The van der Waals surface area contributed by atoms with Crippen molar-refractivity contribution < 1.29 is 9.47 Å². The molecule has 2 nitrogen and oxygen atoms in total. The van der Waals surface area contributed by atoms with Gasteiger partial charge in [0.25, 0.3) is 0 Å². The standard InChI is InChI=1S/C18H30O2.C2H6/c1-4-20-14-10-8-6-5-7-9-11-17-15-18(19-3)13-12-16(17)2;1-2/h5,7,15H,4,6,8-14H2,1-3H3;1-2H3/b7-5+;. The molecule has 0 aromatic rings. The Balaban J connectivity index is 0.00000211. The molecule has 0 spiro atoms. The van der Waals surface area contributed by atoms with Crippen LogP contribution < -0.4 is 0 Å². The van der Waals surface area contributed by atoms with Gasteiger partial charge in [-0.05, 0) is 64.0 Å². The molecule has 1 aliphatic rings. The van der Waals surface area contributed by atoms with Crippen molar-refractivity contribution in [1.29, 1.82) is 0 Å². The molecule has 0 saturated heterocycles. The van der Waals surface area contributed by atoms with Crippen LogP contribution in [0.1, 0.15) is 72.6 Å². The lowest BCUT2D eigenvalue weighted by atomic mass is 9.94. The van der Waals surface area contributed by atoms with Gasteiger partial charge in [-0.15, -0.1) is 0 Å². The van der Waals surface area contributed by atoms with Crippen LogP contribution in [0, 0.1) is 0 Å². The third-order valence-electron chi connectivity index (χ3n) is 3.75. The number of ether oxygens (including phenoxy) is 2. The summed E-state index contributed by atoms with van der Waals surface area (Å²) in [5.41, 5.74) is 2.99. The minimum absolute atomic E-state index is 0.835. The second-order valence-corrected chi connectivity index (χ2v) is 5.32. The first-order valence-electron chi connectivity index (χ1n) is 8.93. The number of rotatable bonds is 10. The van der Waals surface area contributed by atoms with E-state index in [9.17, 15) is 0 Å². The first kappa shape index (κ1) is 21.0. The quantitative estimate of drug-likeness (QED) is 0.353. The maximum absolute atomic E-state index is 5.36. The van der Waals surface area contributed by atoms with Gasteiger partial charge in [-0.2, -0.15) is 0 Å². The van der Waals surface area contributed by atoms with Gasteiger partial charge >= 0.3 is 0 Å². The molecule has 128 valence electrons. The first-order chi connectivity index (χ1) is 10.8. The van der Waals surface area contributed by atoms with Gasteiger partial charge in [-0.1, -0.05) is 31.6 Å². The lowest BCUT2D eigenvalue weighted by molar-refractivity contribution is 0.143. The fourth-order valence-electron chi connectivity index (χ4n) is 2.39. The van der Waals surface area contributed by atoms with Crippen molar-refractivity contribution in [1.82, 2.24) is 0 Å². The maximum Gasteiger partial charge on any atom is 0.0961 e. The number of methoxy groups -OCH3 is 1. The Kier molecular flexibility index (Phi) is 14.2. The second kappa shape index (κ2) is 14.9. The summed E-state index contributed by atoms with van der Waals surface area (Å²) < 4.78 is 10.7. The molecule has 0 aliphatic heterocycles. The molecule has 0 heterocycles. The van der Waals surface area contributed by atoms with Gasteiger partial charge in [-0.3, -0.25) is 0 Å². The van der Waals surface area contributed by atoms with E-state index in [4.69, 9.17) is 9.47 Å². The highest BCUT2D eigenvalue weighted by Crippen LogP contribution is 2.26. The van der Waals surface area contributed by atoms with E-state index in [1.165, 1.54) is 30.4 Å². The molecule has 1 aliphatic carbocycles. The molecule has 0 radical (unpaired) electrons. The summed E-state index contributed by atoms with van der Waals surface area (Å²) in [5, 5.41) is 0. The van der Waals surface area contributed by atoms with E-state index in [1.807, 2.05) is 20.8 Å². The van der Waals surface area contributed by atoms with Crippen LogP contribution in [0.15, 0.2) is 35.1 Å². The highest BCUT2D eigenvalue weighted by Gasteiger charge is 2.09. The summed E-state index contributed by atoms with van der Waals surface area (Å²) in [7, 11) is 1.77. The minimum atomic E-state index is 0.835. The van der Waals surface area contributed by atoms with Crippen molar-refractivity contribution in [2.45, 2.75) is 72.6 Å². The summed E-state index contributed by atoms with van der Waals surface area (Å²) in [5.74, 6) is 1.13. The summed E-state index contributed by atoms with van der Waals surface area (Å²) >= 11 is 0. The normalized spacial score (nSPS) is 14.7. The third-order valence-corrected chi connectivity index (χ3v) is 3.75. The topological polar surface area (TPSA) is 18.5 Å². The molecule has 0 aromatic carbocycles. The van der Waals surface area contributed by atoms with E-state index in [1.54, 1.807) is 7.11 Å². The van der Waals surface area contributed by atoms with Crippen molar-refractivity contribution in [3.63, 3.8) is 0 Å². The van der Waals surface area contributed by atoms with Crippen LogP contribution in [0.2, 0.25) is 0 Å². The van der Waals surface area contributed by atoms with Gasteiger partial charge < -0.3 is 9.47 Å². The van der Waals surface area contributed by atoms with E-state index >= 15 is 0 Å². The summed E-state index contributed by atoms with van der Waals surface area (Å²) in [6, 6.07) is 0. The number of hydrogen-bond donors (Lipinski definition) is 0. The molecule has 0 amide bonds. The molecule has 0 atom stereocenters. The third kappa shape index (κ3) is 9.83. The predicted octanol–water partition coefficient (Wildman–Crippen LogP) is 6.20. The zero-order valence-corrected chi connectivity index (χ0v) is 15.4. The summed E-state index contributed by atoms with van der Waals surface area (Å²) in [4.78, 5) is 0. The maximum atomic E-state index is 5.36. The molecule has 0 saturated carbocycles. The average molecular weight is 309 g/mol. The van der Waals surface area contributed by atoms with Gasteiger partial charge in [0.1, 0.15) is 0 Å². The fraction of sp³-hybridized carbons (Fsp3) is 0.700. The smallest absolute Gasteiger partial charge is 0.0961 e. The molecular weight excluding hydrogens is 272 g/mol. The Labute approximate surface area is 138 Å². The first-order valence-corrected chi connectivity index (χ1v) is 8.93. The Morgan fingerprint density at radius 3 is 2.50 bits per heavy atom. The highest BCUT2D eigenvalue weighted by molar-refractivity contribution is 5.31. The van der Waals surface area contributed by atoms with Crippen LogP contribution in [0.5, 0.6) is 0 Å². The summed E-state index contributed by atoms with van der Waals surface area (Å²) in [6.07, 6.45) is 14.9. The van der Waals surface area contributed by atoms with E-state index in [0.717, 1.165) is 44.7 Å². The SMILES string of the molecule is CC.CCOCCCC/C=C/CCC1=C(C)CCC(OC)=C1. The number of allylic oxidation sites excluding steroid dienone is 6. The molecule has 0 unspecified atom stereocenters. The number of unbranched alkanes of at least 4 members (excludes halogenated alkanes) is 2. The Hall–Kier alpha value is -1.02. The van der Waals surface area contributed by atoms with Crippen LogP contribution in [0.25, 0.3) is 0 Å². The van der Waals surface area contributed by atoms with E-state index in [0.29, 0.717) is 0 Å². The van der Waals surface area contributed by atoms with Gasteiger partial charge in [0.15, 0.2) is 0 Å². The Morgan fingerprint density at radius 1 is 1.09 bits per heavy atom. The van der Waals surface area contributed by atoms with Crippen molar-refractivity contribution >= 4 is 0 Å². The lowest BCUT2D eigenvalue weighted by Gasteiger charge is -2.16. The van der Waals surface area contributed by atoms with E-state index in [-0.39, 0.29) is 0 Å². The van der Waals surface area contributed by atoms with Gasteiger partial charge in [-0.25, -0.2) is 0 Å². The molecule has 0 bridgehead atoms. The summed E-state index contributed by atoms with van der Waals surface area (Å²) in [6.45, 7) is 10.0. The van der Waals surface area contributed by atoms with Gasteiger partial charge in [0, 0.05) is 19.6 Å². The predicted molar refractivity (Wildman–Crippen MR) is 97.1 cm³/mol. The lowest BCUT2D eigenvalue weighted by Crippen LogP contribution is -1.99. The average Bonchev–Trinajstić information content (AvgIpc) is 2.56. The zero-order valence-electron chi connectivity index (χ0n) is 15.4. The van der Waals surface area contributed by atoms with Crippen molar-refractivity contribution in [2.75, 3.05) is 20.3 Å². The fourth-order valence-corrected chi connectivity index (χ4v) is 2.39. The molecule has 2 heteroatoms. The zero-order chi connectivity index (χ0) is 16.6. The van der Waals surface area contributed by atoms with Crippen molar-refractivity contribution in [2.24, 2.45) is 0 Å². The molecule has 0 N–H and O–H groups in total. The largest absolute Gasteiger partial charge is 0.501 e. The van der Waals surface area contributed by atoms with Gasteiger partial charge in [0.05, 0.1) is 12.9 Å². The molecular formula is C20H36O2. The number of hydrogen-bond acceptors (Lipinski definition) is 2. The highest BCUT2D eigenvalue weighted by atomic mass is 16.5.